The maximum Gasteiger partial charge on any atom is 0.129 e. The van der Waals surface area contributed by atoms with Crippen LogP contribution in [0.5, 0.6) is 0 Å². The fourth-order valence-electron chi connectivity index (χ4n) is 1.59. The molecule has 2 N–H and O–H groups in total. The highest BCUT2D eigenvalue weighted by Gasteiger charge is 1.92. The van der Waals surface area contributed by atoms with Crippen LogP contribution in [-0.4, -0.2) is 4.98 Å². The normalized spacial score (nSPS) is 9.61. The van der Waals surface area contributed by atoms with E-state index in [4.69, 9.17) is 17.3 Å². The third-order valence-electron chi connectivity index (χ3n) is 2.45. The van der Waals surface area contributed by atoms with Gasteiger partial charge in [-0.25, -0.2) is 4.98 Å². The number of benzene rings is 2. The summed E-state index contributed by atoms with van der Waals surface area (Å²) < 4.78 is 0. The first-order chi connectivity index (χ1) is 8.77. The minimum absolute atomic E-state index is 0.544. The Labute approximate surface area is 111 Å². The van der Waals surface area contributed by atoms with E-state index in [0.29, 0.717) is 5.15 Å². The van der Waals surface area contributed by atoms with Crippen molar-refractivity contribution >= 4 is 28.1 Å². The summed E-state index contributed by atoms with van der Waals surface area (Å²) in [5.74, 6) is 0. The molecule has 0 aliphatic heterocycles. The van der Waals surface area contributed by atoms with Crippen LogP contribution >= 0.6 is 11.6 Å². The number of rotatable bonds is 0. The Balaban J connectivity index is 0.000000149. The molecule has 1 heterocycles. The van der Waals surface area contributed by atoms with Crippen LogP contribution in [0.2, 0.25) is 5.15 Å². The van der Waals surface area contributed by atoms with Crippen molar-refractivity contribution in [2.75, 3.05) is 5.73 Å². The summed E-state index contributed by atoms with van der Waals surface area (Å²) in [4.78, 5) is 3.74. The van der Waals surface area contributed by atoms with E-state index in [-0.39, 0.29) is 0 Å². The highest BCUT2D eigenvalue weighted by Crippen LogP contribution is 2.19. The van der Waals surface area contributed by atoms with E-state index >= 15 is 0 Å². The standard InChI is InChI=1S/C10H9N.C5H4ClN/c11-10-7-3-5-8-4-1-2-6-9(8)10;6-5-3-1-2-4-7-5/h1-7H,11H2;1-4H. The van der Waals surface area contributed by atoms with E-state index in [2.05, 4.69) is 17.1 Å². The number of halogens is 1. The number of nitrogen functional groups attached to an aromatic ring is 1. The second-order valence-corrected chi connectivity index (χ2v) is 4.11. The molecule has 0 atom stereocenters. The number of hydrogen-bond acceptors (Lipinski definition) is 2. The van der Waals surface area contributed by atoms with Gasteiger partial charge in [-0.15, -0.1) is 0 Å². The SMILES string of the molecule is Clc1ccccn1.Nc1cccc2ccccc12. The third kappa shape index (κ3) is 3.22. The van der Waals surface area contributed by atoms with Crippen LogP contribution in [0.25, 0.3) is 10.8 Å². The zero-order valence-corrected chi connectivity index (χ0v) is 10.5. The van der Waals surface area contributed by atoms with Crippen LogP contribution in [0.3, 0.4) is 0 Å². The van der Waals surface area contributed by atoms with Crippen molar-refractivity contribution < 1.29 is 0 Å². The molecule has 0 saturated heterocycles. The smallest absolute Gasteiger partial charge is 0.129 e. The van der Waals surface area contributed by atoms with Crippen LogP contribution in [0.4, 0.5) is 5.69 Å². The molecule has 0 spiro atoms. The second-order valence-electron chi connectivity index (χ2n) is 3.72. The molecule has 0 saturated carbocycles. The summed E-state index contributed by atoms with van der Waals surface area (Å²) in [6.07, 6.45) is 1.66. The summed E-state index contributed by atoms with van der Waals surface area (Å²) in [5, 5.41) is 2.88. The minimum atomic E-state index is 0.544. The van der Waals surface area contributed by atoms with E-state index in [0.717, 1.165) is 11.1 Å². The Morgan fingerprint density at radius 2 is 1.56 bits per heavy atom. The molecule has 0 amide bonds. The molecule has 3 rings (SSSR count). The van der Waals surface area contributed by atoms with Crippen molar-refractivity contribution in [1.29, 1.82) is 0 Å². The monoisotopic (exact) mass is 256 g/mol. The number of hydrogen-bond donors (Lipinski definition) is 1. The van der Waals surface area contributed by atoms with Gasteiger partial charge in [0.2, 0.25) is 0 Å². The quantitative estimate of drug-likeness (QED) is 0.485. The molecule has 18 heavy (non-hydrogen) atoms. The maximum atomic E-state index is 5.76. The van der Waals surface area contributed by atoms with Crippen molar-refractivity contribution in [3.63, 3.8) is 0 Å². The molecule has 3 aromatic rings. The third-order valence-corrected chi connectivity index (χ3v) is 2.68. The minimum Gasteiger partial charge on any atom is -0.398 e. The fourth-order valence-corrected chi connectivity index (χ4v) is 1.72. The summed E-state index contributed by atoms with van der Waals surface area (Å²) in [6, 6.07) is 19.5. The van der Waals surface area contributed by atoms with Gasteiger partial charge >= 0.3 is 0 Å². The Morgan fingerprint density at radius 3 is 2.17 bits per heavy atom. The van der Waals surface area contributed by atoms with Gasteiger partial charge in [-0.3, -0.25) is 0 Å². The molecule has 0 unspecified atom stereocenters. The molecule has 0 aliphatic rings. The summed E-state index contributed by atoms with van der Waals surface area (Å²) in [7, 11) is 0. The number of nitrogens with zero attached hydrogens (tertiary/aromatic N) is 1. The number of anilines is 1. The zero-order chi connectivity index (χ0) is 12.8. The molecule has 2 nitrogen and oxygen atoms in total. The average Bonchev–Trinajstić information content (AvgIpc) is 2.41. The van der Waals surface area contributed by atoms with E-state index in [1.54, 1.807) is 12.3 Å². The Kier molecular flexibility index (Phi) is 4.15. The van der Waals surface area contributed by atoms with Gasteiger partial charge in [0.05, 0.1) is 0 Å². The number of nitrogens with two attached hydrogens (primary N) is 1. The molecule has 0 fully saturated rings. The van der Waals surface area contributed by atoms with Crippen LogP contribution in [-0.2, 0) is 0 Å². The van der Waals surface area contributed by atoms with E-state index in [1.807, 2.05) is 42.5 Å². The van der Waals surface area contributed by atoms with E-state index in [1.165, 1.54) is 5.39 Å². The van der Waals surface area contributed by atoms with Crippen molar-refractivity contribution in [2.24, 2.45) is 0 Å². The first-order valence-electron chi connectivity index (χ1n) is 5.57. The average molecular weight is 257 g/mol. The van der Waals surface area contributed by atoms with Crippen molar-refractivity contribution in [3.8, 4) is 0 Å². The van der Waals surface area contributed by atoms with Crippen molar-refractivity contribution in [3.05, 3.63) is 72.0 Å². The molecule has 2 aromatic carbocycles. The predicted molar refractivity (Wildman–Crippen MR) is 77.6 cm³/mol. The number of aromatic nitrogens is 1. The highest BCUT2D eigenvalue weighted by atomic mass is 35.5. The van der Waals surface area contributed by atoms with E-state index in [9.17, 15) is 0 Å². The molecular weight excluding hydrogens is 244 g/mol. The zero-order valence-electron chi connectivity index (χ0n) is 9.75. The van der Waals surface area contributed by atoms with Crippen LogP contribution in [0.15, 0.2) is 66.9 Å². The van der Waals surface area contributed by atoms with Crippen molar-refractivity contribution in [2.45, 2.75) is 0 Å². The predicted octanol–water partition coefficient (Wildman–Crippen LogP) is 4.16. The van der Waals surface area contributed by atoms with Gasteiger partial charge in [-0.05, 0) is 23.6 Å². The first kappa shape index (κ1) is 12.4. The lowest BCUT2D eigenvalue weighted by Crippen LogP contribution is -1.84. The van der Waals surface area contributed by atoms with Crippen LogP contribution in [0, 0.1) is 0 Å². The molecule has 0 bridgehead atoms. The lowest BCUT2D eigenvalue weighted by molar-refractivity contribution is 1.33. The molecule has 0 aliphatic carbocycles. The largest absolute Gasteiger partial charge is 0.398 e. The lowest BCUT2D eigenvalue weighted by Gasteiger charge is -1.98. The van der Waals surface area contributed by atoms with Gasteiger partial charge in [0.1, 0.15) is 5.15 Å². The molecule has 0 radical (unpaired) electrons. The molecule has 3 heteroatoms. The van der Waals surface area contributed by atoms with Gasteiger partial charge in [0.15, 0.2) is 0 Å². The van der Waals surface area contributed by atoms with Gasteiger partial charge in [0, 0.05) is 17.3 Å². The molecular formula is C15H13ClN2. The second kappa shape index (κ2) is 6.03. The summed E-state index contributed by atoms with van der Waals surface area (Å²) in [6.45, 7) is 0. The Bertz CT molecular complexity index is 618. The summed E-state index contributed by atoms with van der Waals surface area (Å²) in [5.41, 5.74) is 6.61. The molecule has 90 valence electrons. The molecule has 1 aromatic heterocycles. The fraction of sp³-hybridized carbons (Fsp3) is 0. The Morgan fingerprint density at radius 1 is 0.833 bits per heavy atom. The lowest BCUT2D eigenvalue weighted by atomic mass is 10.1. The summed E-state index contributed by atoms with van der Waals surface area (Å²) >= 11 is 5.43. The van der Waals surface area contributed by atoms with Gasteiger partial charge in [-0.2, -0.15) is 0 Å². The van der Waals surface area contributed by atoms with Crippen molar-refractivity contribution in [1.82, 2.24) is 4.98 Å². The van der Waals surface area contributed by atoms with Gasteiger partial charge in [-0.1, -0.05) is 54.1 Å². The van der Waals surface area contributed by atoms with E-state index < -0.39 is 0 Å². The van der Waals surface area contributed by atoms with Gasteiger partial charge < -0.3 is 5.73 Å². The van der Waals surface area contributed by atoms with Crippen LogP contribution < -0.4 is 5.73 Å². The maximum absolute atomic E-state index is 5.76. The number of pyridine rings is 1. The Hall–Kier alpha value is -2.06. The number of fused-ring (bicyclic) bond motifs is 1. The topological polar surface area (TPSA) is 38.9 Å². The first-order valence-corrected chi connectivity index (χ1v) is 5.95. The van der Waals surface area contributed by atoms with Crippen LogP contribution in [0.1, 0.15) is 0 Å². The van der Waals surface area contributed by atoms with Gasteiger partial charge in [0.25, 0.3) is 0 Å². The highest BCUT2D eigenvalue weighted by molar-refractivity contribution is 6.29.